The molecule has 176 valence electrons. The van der Waals surface area contributed by atoms with Crippen molar-refractivity contribution in [2.45, 2.75) is 18.0 Å². The minimum absolute atomic E-state index is 0.152. The molecule has 0 saturated carbocycles. The minimum Gasteiger partial charge on any atom is -0.302 e. The number of amides is 1. The Morgan fingerprint density at radius 3 is 2.41 bits per heavy atom. The summed E-state index contributed by atoms with van der Waals surface area (Å²) in [7, 11) is -2.98. The molecule has 2 aromatic heterocycles. The molecule has 0 spiro atoms. The number of thiazole rings is 1. The van der Waals surface area contributed by atoms with Crippen LogP contribution in [-0.4, -0.2) is 36.3 Å². The molecule has 4 rings (SSSR count). The van der Waals surface area contributed by atoms with Crippen LogP contribution in [0.25, 0.3) is 21.5 Å². The average Bonchev–Trinajstić information content (AvgIpc) is 3.18. The molecule has 0 atom stereocenters. The van der Waals surface area contributed by atoms with Gasteiger partial charge in [0, 0.05) is 25.7 Å². The van der Waals surface area contributed by atoms with Crippen LogP contribution in [0.15, 0.2) is 59.6 Å². The van der Waals surface area contributed by atoms with Crippen LogP contribution in [0.3, 0.4) is 0 Å². The van der Waals surface area contributed by atoms with E-state index < -0.39 is 21.8 Å². The topological polar surface area (TPSA) is 105 Å². The third-order valence-corrected chi connectivity index (χ3v) is 7.42. The molecule has 13 heteroatoms. The normalized spacial score (nSPS) is 12.0. The van der Waals surface area contributed by atoms with E-state index in [1.54, 1.807) is 24.3 Å². The van der Waals surface area contributed by atoms with Gasteiger partial charge in [-0.25, -0.2) is 27.7 Å². The first-order valence-electron chi connectivity index (χ1n) is 9.63. The number of rotatable bonds is 5. The lowest BCUT2D eigenvalue weighted by molar-refractivity contribution is -0.137. The molecule has 4 aromatic rings. The molecule has 0 radical (unpaired) electrons. The molecule has 34 heavy (non-hydrogen) atoms. The van der Waals surface area contributed by atoms with Crippen molar-refractivity contribution >= 4 is 48.6 Å². The fourth-order valence-corrected chi connectivity index (χ4v) is 5.08. The molecule has 0 fully saturated rings. The van der Waals surface area contributed by atoms with Crippen LogP contribution in [-0.2, 0) is 21.0 Å². The second-order valence-corrected chi connectivity index (χ2v) is 10.1. The Balaban J connectivity index is 1.64. The Morgan fingerprint density at radius 1 is 1.06 bits per heavy atom. The number of nitrogens with one attached hydrogen (secondary N) is 1. The van der Waals surface area contributed by atoms with Crippen molar-refractivity contribution in [3.63, 3.8) is 0 Å². The van der Waals surface area contributed by atoms with Gasteiger partial charge in [-0.05, 0) is 42.5 Å². The van der Waals surface area contributed by atoms with Gasteiger partial charge in [0.2, 0.25) is 11.9 Å². The number of benzene rings is 2. The quantitative estimate of drug-likeness (QED) is 0.425. The van der Waals surface area contributed by atoms with Crippen LogP contribution in [0.2, 0.25) is 0 Å². The van der Waals surface area contributed by atoms with Gasteiger partial charge in [0.25, 0.3) is 10.0 Å². The molecule has 1 amide bonds. The molecular formula is C21H16F3N5O3S2. The zero-order valence-corrected chi connectivity index (χ0v) is 19.3. The highest BCUT2D eigenvalue weighted by atomic mass is 32.2. The zero-order valence-electron chi connectivity index (χ0n) is 17.7. The molecule has 2 aromatic carbocycles. The summed E-state index contributed by atoms with van der Waals surface area (Å²) in [5.74, 6) is -0.391. The Kier molecular flexibility index (Phi) is 6.00. The van der Waals surface area contributed by atoms with Gasteiger partial charge in [-0.2, -0.15) is 13.2 Å². The smallest absolute Gasteiger partial charge is 0.302 e. The Morgan fingerprint density at radius 2 is 1.76 bits per heavy atom. The fourth-order valence-electron chi connectivity index (χ4n) is 3.03. The van der Waals surface area contributed by atoms with Gasteiger partial charge < -0.3 is 5.32 Å². The van der Waals surface area contributed by atoms with Gasteiger partial charge in [0.05, 0.1) is 26.4 Å². The first-order valence-corrected chi connectivity index (χ1v) is 11.9. The number of carbonyl (C=O) groups is 1. The van der Waals surface area contributed by atoms with Crippen LogP contribution in [0.4, 0.5) is 24.3 Å². The maximum atomic E-state index is 12.9. The molecule has 2 heterocycles. The van der Waals surface area contributed by atoms with Crippen molar-refractivity contribution in [3.8, 4) is 11.3 Å². The number of nitrogens with zero attached hydrogens (tertiary/aromatic N) is 4. The van der Waals surface area contributed by atoms with Gasteiger partial charge in [0.1, 0.15) is 0 Å². The van der Waals surface area contributed by atoms with E-state index in [0.717, 1.165) is 21.1 Å². The summed E-state index contributed by atoms with van der Waals surface area (Å²) >= 11 is 1.28. The molecular weight excluding hydrogens is 491 g/mol. The van der Waals surface area contributed by atoms with Crippen molar-refractivity contribution < 1.29 is 26.4 Å². The lowest BCUT2D eigenvalue weighted by atomic mass is 10.1. The third kappa shape index (κ3) is 4.70. The molecule has 0 aliphatic heterocycles. The number of halogens is 3. The predicted molar refractivity (Wildman–Crippen MR) is 122 cm³/mol. The lowest BCUT2D eigenvalue weighted by Crippen LogP contribution is -2.28. The number of carbonyl (C=O) groups excluding carboxylic acids is 1. The number of aromatic nitrogens is 3. The third-order valence-electron chi connectivity index (χ3n) is 4.73. The fraction of sp³-hybridized carbons (Fsp3) is 0.143. The Bertz CT molecular complexity index is 1490. The maximum absolute atomic E-state index is 12.9. The number of fused-ring (bicyclic) bond motifs is 1. The second-order valence-electron chi connectivity index (χ2n) is 7.12. The molecule has 8 nitrogen and oxygen atoms in total. The summed E-state index contributed by atoms with van der Waals surface area (Å²) in [6, 6.07) is 10.1. The second kappa shape index (κ2) is 8.65. The first-order chi connectivity index (χ1) is 15.9. The summed E-state index contributed by atoms with van der Waals surface area (Å²) in [4.78, 5) is 23.6. The van der Waals surface area contributed by atoms with E-state index in [1.165, 1.54) is 31.5 Å². The van der Waals surface area contributed by atoms with E-state index in [2.05, 4.69) is 20.3 Å². The van der Waals surface area contributed by atoms with Gasteiger partial charge in [0.15, 0.2) is 5.13 Å². The highest BCUT2D eigenvalue weighted by Crippen LogP contribution is 2.32. The number of alkyl halides is 3. The van der Waals surface area contributed by atoms with E-state index >= 15 is 0 Å². The van der Waals surface area contributed by atoms with Crippen molar-refractivity contribution in [2.75, 3.05) is 16.7 Å². The van der Waals surface area contributed by atoms with Crippen LogP contribution in [0.5, 0.6) is 0 Å². The summed E-state index contributed by atoms with van der Waals surface area (Å²) in [5, 5.41) is 3.08. The zero-order chi connectivity index (χ0) is 24.7. The SMILES string of the molecule is CC(=O)Nc1nc2ccc(-c3ccnc(N(C)S(=O)(=O)c4ccc(C(F)(F)F)cc4)n3)cc2s1. The standard InChI is InChI=1S/C21H16F3N5O3S2/c1-12(30)26-20-28-17-8-3-13(11-18(17)33-20)16-9-10-25-19(27-16)29(2)34(31,32)15-6-4-14(5-7-15)21(22,23)24/h3-11H,1-2H3,(H,26,28,30). The molecule has 0 bridgehead atoms. The first kappa shape index (κ1) is 23.6. The van der Waals surface area contributed by atoms with Crippen molar-refractivity contribution in [2.24, 2.45) is 0 Å². The average molecular weight is 508 g/mol. The van der Waals surface area contributed by atoms with Gasteiger partial charge in [-0.15, -0.1) is 0 Å². The van der Waals surface area contributed by atoms with Gasteiger partial charge >= 0.3 is 6.18 Å². The van der Waals surface area contributed by atoms with E-state index in [1.807, 2.05) is 0 Å². The maximum Gasteiger partial charge on any atom is 0.416 e. The molecule has 0 aliphatic carbocycles. The van der Waals surface area contributed by atoms with Crippen LogP contribution in [0, 0.1) is 0 Å². The van der Waals surface area contributed by atoms with Crippen molar-refractivity contribution in [1.29, 1.82) is 0 Å². The van der Waals surface area contributed by atoms with Crippen molar-refractivity contribution in [3.05, 3.63) is 60.3 Å². The monoisotopic (exact) mass is 507 g/mol. The molecule has 0 aliphatic rings. The summed E-state index contributed by atoms with van der Waals surface area (Å²) in [6.07, 6.45) is -3.19. The number of sulfonamides is 1. The van der Waals surface area contributed by atoms with E-state index in [9.17, 15) is 26.4 Å². The number of hydrogen-bond acceptors (Lipinski definition) is 7. The van der Waals surface area contributed by atoms with Crippen molar-refractivity contribution in [1.82, 2.24) is 15.0 Å². The molecule has 0 saturated heterocycles. The van der Waals surface area contributed by atoms with Crippen LogP contribution >= 0.6 is 11.3 Å². The summed E-state index contributed by atoms with van der Waals surface area (Å²) in [5.41, 5.74) is 0.812. The summed E-state index contributed by atoms with van der Waals surface area (Å²) < 4.78 is 65.8. The highest BCUT2D eigenvalue weighted by Gasteiger charge is 2.31. The Hall–Kier alpha value is -3.58. The van der Waals surface area contributed by atoms with E-state index in [4.69, 9.17) is 0 Å². The van der Waals surface area contributed by atoms with Gasteiger partial charge in [-0.1, -0.05) is 17.4 Å². The van der Waals surface area contributed by atoms with Gasteiger partial charge in [-0.3, -0.25) is 4.79 Å². The van der Waals surface area contributed by atoms with Crippen LogP contribution < -0.4 is 9.62 Å². The number of hydrogen-bond donors (Lipinski definition) is 1. The molecule has 1 N–H and O–H groups in total. The predicted octanol–water partition coefficient (Wildman–Crippen LogP) is 4.56. The largest absolute Gasteiger partial charge is 0.416 e. The molecule has 0 unspecified atom stereocenters. The Labute approximate surface area is 196 Å². The minimum atomic E-state index is -4.58. The van der Waals surface area contributed by atoms with Crippen LogP contribution in [0.1, 0.15) is 12.5 Å². The summed E-state index contributed by atoms with van der Waals surface area (Å²) in [6.45, 7) is 1.38. The van der Waals surface area contributed by atoms with E-state index in [0.29, 0.717) is 34.0 Å². The lowest BCUT2D eigenvalue weighted by Gasteiger charge is -2.18. The number of anilines is 2. The van der Waals surface area contributed by atoms with E-state index in [-0.39, 0.29) is 16.8 Å². The highest BCUT2D eigenvalue weighted by molar-refractivity contribution is 7.92.